The summed E-state index contributed by atoms with van der Waals surface area (Å²) in [4.78, 5) is 12.5. The van der Waals surface area contributed by atoms with E-state index in [0.717, 1.165) is 31.4 Å². The topological polar surface area (TPSA) is 72.6 Å². The molecular weight excluding hydrogens is 382 g/mol. The van der Waals surface area contributed by atoms with Gasteiger partial charge in [-0.15, -0.1) is 0 Å². The zero-order valence-electron chi connectivity index (χ0n) is 18.4. The Hall–Kier alpha value is -1.89. The monoisotopic (exact) mass is 415 g/mol. The molecule has 1 N–H and O–H groups in total. The van der Waals surface area contributed by atoms with Crippen molar-refractivity contribution in [3.8, 4) is 0 Å². The highest BCUT2D eigenvalue weighted by atomic mass is 16.6. The lowest BCUT2D eigenvalue weighted by Gasteiger charge is -2.42. The van der Waals surface area contributed by atoms with Gasteiger partial charge in [-0.25, -0.2) is 4.79 Å². The molecule has 1 aliphatic carbocycles. The molecule has 3 fully saturated rings. The van der Waals surface area contributed by atoms with Crippen LogP contribution in [0.15, 0.2) is 42.0 Å². The molecule has 6 atom stereocenters. The Balaban J connectivity index is 1.41. The Labute approximate surface area is 178 Å². The van der Waals surface area contributed by atoms with E-state index < -0.39 is 6.09 Å². The molecule has 0 aromatic heterocycles. The molecule has 164 valence electrons. The first-order valence-electron chi connectivity index (χ1n) is 10.8. The lowest BCUT2D eigenvalue weighted by atomic mass is 9.68. The Bertz CT molecular complexity index is 786. The molecule has 4 rings (SSSR count). The zero-order valence-corrected chi connectivity index (χ0v) is 18.4. The van der Waals surface area contributed by atoms with Crippen LogP contribution in [-0.2, 0) is 25.5 Å². The molecule has 0 radical (unpaired) electrons. The standard InChI is InChI=1S/C24H33NO5/c1-16(2)10-11-19-23(3,30-19)21-20(27-4)18(12-13-24(21)15-28-24)29-22(26)25-14-17-8-6-5-7-9-17/h5-10,18-21H,11-15H2,1-4H3,(H,25,26)/t18-,19-,20-,21-,23?,24+/m1/s1. The van der Waals surface area contributed by atoms with Gasteiger partial charge in [0.15, 0.2) is 0 Å². The van der Waals surface area contributed by atoms with Crippen LogP contribution in [0.4, 0.5) is 4.79 Å². The first-order chi connectivity index (χ1) is 14.4. The van der Waals surface area contributed by atoms with E-state index in [0.29, 0.717) is 6.54 Å². The number of benzene rings is 1. The average molecular weight is 416 g/mol. The van der Waals surface area contributed by atoms with Crippen molar-refractivity contribution in [2.24, 2.45) is 5.92 Å². The number of allylic oxidation sites excluding steroid dienone is 1. The van der Waals surface area contributed by atoms with E-state index in [9.17, 15) is 4.79 Å². The van der Waals surface area contributed by atoms with Gasteiger partial charge in [0.2, 0.25) is 0 Å². The van der Waals surface area contributed by atoms with E-state index in [1.807, 2.05) is 30.3 Å². The van der Waals surface area contributed by atoms with Gasteiger partial charge in [0.1, 0.15) is 23.4 Å². The summed E-state index contributed by atoms with van der Waals surface area (Å²) in [6.07, 6.45) is 3.81. The number of carbonyl (C=O) groups is 1. The van der Waals surface area contributed by atoms with Crippen molar-refractivity contribution in [1.82, 2.24) is 5.32 Å². The molecule has 1 saturated carbocycles. The van der Waals surface area contributed by atoms with Crippen molar-refractivity contribution >= 4 is 6.09 Å². The molecular formula is C24H33NO5. The summed E-state index contributed by atoms with van der Waals surface area (Å²) in [6.45, 7) is 7.50. The molecule has 1 amide bonds. The van der Waals surface area contributed by atoms with Crippen molar-refractivity contribution in [1.29, 1.82) is 0 Å². The van der Waals surface area contributed by atoms with Crippen molar-refractivity contribution in [3.05, 3.63) is 47.5 Å². The van der Waals surface area contributed by atoms with Crippen LogP contribution in [0.3, 0.4) is 0 Å². The zero-order chi connectivity index (χ0) is 21.4. The highest BCUT2D eigenvalue weighted by molar-refractivity contribution is 5.67. The quantitative estimate of drug-likeness (QED) is 0.539. The van der Waals surface area contributed by atoms with Gasteiger partial charge < -0.3 is 24.3 Å². The van der Waals surface area contributed by atoms with E-state index in [1.165, 1.54) is 5.57 Å². The fraction of sp³-hybridized carbons (Fsp3) is 0.625. The van der Waals surface area contributed by atoms with Crippen LogP contribution in [0.1, 0.15) is 45.6 Å². The van der Waals surface area contributed by atoms with Gasteiger partial charge in [-0.2, -0.15) is 0 Å². The van der Waals surface area contributed by atoms with Crippen LogP contribution in [-0.4, -0.2) is 49.3 Å². The third kappa shape index (κ3) is 4.27. The normalized spacial score (nSPS) is 36.8. The van der Waals surface area contributed by atoms with Gasteiger partial charge in [0, 0.05) is 13.7 Å². The maximum atomic E-state index is 12.5. The van der Waals surface area contributed by atoms with Gasteiger partial charge in [0.05, 0.1) is 18.6 Å². The third-order valence-corrected chi connectivity index (χ3v) is 6.78. The minimum Gasteiger partial charge on any atom is -0.443 e. The Kier molecular flexibility index (Phi) is 5.93. The number of epoxide rings is 2. The number of carbonyl (C=O) groups excluding carboxylic acids is 1. The van der Waals surface area contributed by atoms with Crippen molar-refractivity contribution < 1.29 is 23.7 Å². The number of rotatable bonds is 7. The predicted molar refractivity (Wildman–Crippen MR) is 113 cm³/mol. The van der Waals surface area contributed by atoms with E-state index in [1.54, 1.807) is 7.11 Å². The SMILES string of the molecule is CO[C@H]1[C@H](C2(C)O[C@@H]2CC=C(C)C)[C@]2(CC[C@H]1OC(=O)NCc1ccccc1)CO2. The van der Waals surface area contributed by atoms with Crippen LogP contribution >= 0.6 is 0 Å². The van der Waals surface area contributed by atoms with Crippen LogP contribution in [0, 0.1) is 5.92 Å². The van der Waals surface area contributed by atoms with Gasteiger partial charge in [-0.1, -0.05) is 42.0 Å². The number of nitrogens with one attached hydrogen (secondary N) is 1. The molecule has 3 aliphatic rings. The fourth-order valence-electron chi connectivity index (χ4n) is 5.02. The summed E-state index contributed by atoms with van der Waals surface area (Å²) in [5.74, 6) is 0.0336. The molecule has 0 bridgehead atoms. The smallest absolute Gasteiger partial charge is 0.407 e. The van der Waals surface area contributed by atoms with Gasteiger partial charge in [0.25, 0.3) is 0 Å². The number of methoxy groups -OCH3 is 1. The third-order valence-electron chi connectivity index (χ3n) is 6.78. The lowest BCUT2D eigenvalue weighted by Crippen LogP contribution is -2.56. The number of ether oxygens (including phenoxy) is 4. The largest absolute Gasteiger partial charge is 0.443 e. The van der Waals surface area contributed by atoms with Gasteiger partial charge in [-0.05, 0) is 45.6 Å². The number of hydrogen-bond donors (Lipinski definition) is 1. The average Bonchev–Trinajstić information content (AvgIpc) is 3.64. The molecule has 1 unspecified atom stereocenters. The summed E-state index contributed by atoms with van der Waals surface area (Å²) in [5.41, 5.74) is 1.78. The summed E-state index contributed by atoms with van der Waals surface area (Å²) in [5, 5.41) is 2.85. The minimum atomic E-state index is -0.416. The first kappa shape index (κ1) is 21.3. The van der Waals surface area contributed by atoms with E-state index in [-0.39, 0.29) is 35.4 Å². The number of hydrogen-bond acceptors (Lipinski definition) is 5. The lowest BCUT2D eigenvalue weighted by molar-refractivity contribution is -0.118. The van der Waals surface area contributed by atoms with Crippen LogP contribution in [0.2, 0.25) is 0 Å². The Morgan fingerprint density at radius 2 is 2.03 bits per heavy atom. The Morgan fingerprint density at radius 3 is 2.67 bits per heavy atom. The van der Waals surface area contributed by atoms with Crippen molar-refractivity contribution in [3.63, 3.8) is 0 Å². The molecule has 6 heteroatoms. The second-order valence-electron chi connectivity index (χ2n) is 9.16. The highest BCUT2D eigenvalue weighted by Crippen LogP contribution is 2.59. The van der Waals surface area contributed by atoms with E-state index in [4.69, 9.17) is 18.9 Å². The predicted octanol–water partition coefficient (Wildman–Crippen LogP) is 3.99. The molecule has 1 spiro atoms. The molecule has 1 aromatic carbocycles. The second kappa shape index (κ2) is 8.33. The molecule has 2 heterocycles. The molecule has 30 heavy (non-hydrogen) atoms. The molecule has 2 aliphatic heterocycles. The maximum Gasteiger partial charge on any atom is 0.407 e. The summed E-state index contributed by atoms with van der Waals surface area (Å²) in [7, 11) is 1.69. The molecule has 6 nitrogen and oxygen atoms in total. The summed E-state index contributed by atoms with van der Waals surface area (Å²) in [6, 6.07) is 9.80. The minimum absolute atomic E-state index is 0.0336. The first-order valence-corrected chi connectivity index (χ1v) is 10.8. The highest BCUT2D eigenvalue weighted by Gasteiger charge is 2.72. The molecule has 2 saturated heterocycles. The molecule has 1 aromatic rings. The van der Waals surface area contributed by atoms with Crippen LogP contribution < -0.4 is 5.32 Å². The second-order valence-corrected chi connectivity index (χ2v) is 9.16. The fourth-order valence-corrected chi connectivity index (χ4v) is 5.02. The van der Waals surface area contributed by atoms with Crippen molar-refractivity contribution in [2.45, 2.75) is 76.1 Å². The summed E-state index contributed by atoms with van der Waals surface area (Å²) >= 11 is 0. The van der Waals surface area contributed by atoms with E-state index >= 15 is 0 Å². The number of amides is 1. The van der Waals surface area contributed by atoms with Gasteiger partial charge >= 0.3 is 6.09 Å². The van der Waals surface area contributed by atoms with E-state index in [2.05, 4.69) is 32.2 Å². The van der Waals surface area contributed by atoms with Gasteiger partial charge in [-0.3, -0.25) is 0 Å². The van der Waals surface area contributed by atoms with Crippen LogP contribution in [0.5, 0.6) is 0 Å². The maximum absolute atomic E-state index is 12.5. The van der Waals surface area contributed by atoms with Crippen LogP contribution in [0.25, 0.3) is 0 Å². The number of alkyl carbamates (subject to hydrolysis) is 1. The Morgan fingerprint density at radius 1 is 1.30 bits per heavy atom. The summed E-state index contributed by atoms with van der Waals surface area (Å²) < 4.78 is 23.9. The van der Waals surface area contributed by atoms with Crippen molar-refractivity contribution in [2.75, 3.05) is 13.7 Å².